The first-order valence-corrected chi connectivity index (χ1v) is 4.35. The molecule has 5 heteroatoms. The lowest BCUT2D eigenvalue weighted by molar-refractivity contribution is 0.621. The molecule has 15 heavy (non-hydrogen) atoms. The lowest BCUT2D eigenvalue weighted by Gasteiger charge is -2.01. The largest absolute Gasteiger partial charge is 0.268 e. The summed E-state index contributed by atoms with van der Waals surface area (Å²) < 4.78 is 12.6. The fraction of sp³-hybridized carbons (Fsp3) is 0.100. The number of pyridine rings is 1. The number of H-pyrrole nitrogens is 1. The van der Waals surface area contributed by atoms with Gasteiger partial charge in [-0.1, -0.05) is 0 Å². The molecule has 0 aromatic carbocycles. The van der Waals surface area contributed by atoms with Crippen LogP contribution in [0.15, 0.2) is 29.2 Å². The fourth-order valence-electron chi connectivity index (χ4n) is 1.27. The maximum Gasteiger partial charge on any atom is 0.264 e. The summed E-state index contributed by atoms with van der Waals surface area (Å²) in [5, 5.41) is 6.17. The van der Waals surface area contributed by atoms with E-state index in [4.69, 9.17) is 0 Å². The highest BCUT2D eigenvalue weighted by Gasteiger charge is 2.05. The van der Waals surface area contributed by atoms with Crippen molar-refractivity contribution in [3.05, 3.63) is 46.1 Å². The molecule has 2 heterocycles. The molecule has 0 saturated heterocycles. The van der Waals surface area contributed by atoms with E-state index in [-0.39, 0.29) is 5.56 Å². The van der Waals surface area contributed by atoms with Crippen molar-refractivity contribution in [1.29, 1.82) is 0 Å². The van der Waals surface area contributed by atoms with Crippen molar-refractivity contribution in [3.8, 4) is 11.4 Å². The number of aromatic amines is 1. The maximum atomic E-state index is 12.6. The van der Waals surface area contributed by atoms with Crippen molar-refractivity contribution < 1.29 is 4.39 Å². The third kappa shape index (κ3) is 1.90. The predicted octanol–water partition coefficient (Wildman–Crippen LogP) is 1.28. The Morgan fingerprint density at radius 2 is 2.20 bits per heavy atom. The van der Waals surface area contributed by atoms with Crippen LogP contribution in [0.3, 0.4) is 0 Å². The van der Waals surface area contributed by atoms with Crippen molar-refractivity contribution in [2.45, 2.75) is 6.92 Å². The number of aromatic nitrogens is 3. The van der Waals surface area contributed by atoms with Crippen LogP contribution in [0.4, 0.5) is 4.39 Å². The molecular weight excluding hydrogens is 197 g/mol. The van der Waals surface area contributed by atoms with Crippen LogP contribution in [0.25, 0.3) is 11.4 Å². The van der Waals surface area contributed by atoms with Crippen LogP contribution in [0.1, 0.15) is 5.56 Å². The van der Waals surface area contributed by atoms with Gasteiger partial charge < -0.3 is 0 Å². The first-order chi connectivity index (χ1) is 7.16. The second-order valence-corrected chi connectivity index (χ2v) is 3.13. The molecular formula is C10H8FN3O. The van der Waals surface area contributed by atoms with E-state index in [0.29, 0.717) is 17.0 Å². The zero-order chi connectivity index (χ0) is 10.8. The number of aryl methyl sites for hydroxylation is 1. The monoisotopic (exact) mass is 205 g/mol. The Kier molecular flexibility index (Phi) is 2.29. The van der Waals surface area contributed by atoms with E-state index in [1.165, 1.54) is 18.2 Å². The van der Waals surface area contributed by atoms with Gasteiger partial charge in [0.15, 0.2) is 0 Å². The van der Waals surface area contributed by atoms with Crippen molar-refractivity contribution in [2.75, 3.05) is 0 Å². The molecule has 0 aliphatic carbocycles. The molecule has 0 spiro atoms. The number of halogens is 1. The number of nitrogens with one attached hydrogen (secondary N) is 1. The Morgan fingerprint density at radius 1 is 1.40 bits per heavy atom. The van der Waals surface area contributed by atoms with E-state index in [0.717, 1.165) is 6.20 Å². The van der Waals surface area contributed by atoms with E-state index in [2.05, 4.69) is 15.2 Å². The van der Waals surface area contributed by atoms with Gasteiger partial charge in [-0.05, 0) is 24.6 Å². The third-order valence-electron chi connectivity index (χ3n) is 1.97. The highest BCUT2D eigenvalue weighted by Crippen LogP contribution is 2.15. The highest BCUT2D eigenvalue weighted by atomic mass is 19.1. The van der Waals surface area contributed by atoms with E-state index in [1.54, 1.807) is 6.92 Å². The smallest absolute Gasteiger partial charge is 0.264 e. The van der Waals surface area contributed by atoms with Gasteiger partial charge in [-0.2, -0.15) is 5.10 Å². The minimum absolute atomic E-state index is 0.265. The van der Waals surface area contributed by atoms with Crippen molar-refractivity contribution >= 4 is 0 Å². The summed E-state index contributed by atoms with van der Waals surface area (Å²) in [5.41, 5.74) is 1.52. The molecule has 0 amide bonds. The SMILES string of the molecule is Cc1cc(=O)[nH]nc1-c1ccc(F)cn1. The van der Waals surface area contributed by atoms with E-state index < -0.39 is 5.82 Å². The minimum atomic E-state index is -0.402. The standard InChI is InChI=1S/C10H8FN3O/c1-6-4-9(15)13-14-10(6)8-3-2-7(11)5-12-8/h2-5H,1H3,(H,13,15). The quantitative estimate of drug-likeness (QED) is 0.762. The first kappa shape index (κ1) is 9.51. The zero-order valence-electron chi connectivity index (χ0n) is 7.99. The number of rotatable bonds is 1. The Hall–Kier alpha value is -2.04. The summed E-state index contributed by atoms with van der Waals surface area (Å²) in [4.78, 5) is 14.8. The van der Waals surface area contributed by atoms with Crippen LogP contribution in [-0.4, -0.2) is 15.2 Å². The Bertz CT molecular complexity index is 533. The molecule has 2 rings (SSSR count). The summed E-state index contributed by atoms with van der Waals surface area (Å²) in [6.45, 7) is 1.75. The van der Waals surface area contributed by atoms with E-state index in [1.807, 2.05) is 0 Å². The van der Waals surface area contributed by atoms with Crippen LogP contribution in [-0.2, 0) is 0 Å². The lowest BCUT2D eigenvalue weighted by atomic mass is 10.2. The summed E-state index contributed by atoms with van der Waals surface area (Å²) >= 11 is 0. The number of nitrogens with zero attached hydrogens (tertiary/aromatic N) is 2. The van der Waals surface area contributed by atoms with E-state index in [9.17, 15) is 9.18 Å². The van der Waals surface area contributed by atoms with Gasteiger partial charge in [0.25, 0.3) is 5.56 Å². The number of hydrogen-bond acceptors (Lipinski definition) is 3. The zero-order valence-corrected chi connectivity index (χ0v) is 7.99. The van der Waals surface area contributed by atoms with Crippen LogP contribution >= 0.6 is 0 Å². The molecule has 0 atom stereocenters. The minimum Gasteiger partial charge on any atom is -0.268 e. The van der Waals surface area contributed by atoms with Crippen LogP contribution in [0, 0.1) is 12.7 Å². The summed E-state index contributed by atoms with van der Waals surface area (Å²) in [6, 6.07) is 4.24. The summed E-state index contributed by atoms with van der Waals surface area (Å²) in [5.74, 6) is -0.402. The fourth-order valence-corrected chi connectivity index (χ4v) is 1.27. The first-order valence-electron chi connectivity index (χ1n) is 4.35. The molecule has 76 valence electrons. The molecule has 2 aromatic rings. The Labute approximate surface area is 84.8 Å². The molecule has 0 saturated carbocycles. The van der Waals surface area contributed by atoms with Crippen molar-refractivity contribution in [2.24, 2.45) is 0 Å². The molecule has 0 radical (unpaired) electrons. The van der Waals surface area contributed by atoms with Gasteiger partial charge in [0.05, 0.1) is 11.9 Å². The van der Waals surface area contributed by atoms with Crippen LogP contribution < -0.4 is 5.56 Å². The van der Waals surface area contributed by atoms with Gasteiger partial charge in [-0.25, -0.2) is 9.49 Å². The topological polar surface area (TPSA) is 58.6 Å². The average Bonchev–Trinajstić information content (AvgIpc) is 2.20. The van der Waals surface area contributed by atoms with Gasteiger partial charge in [0.1, 0.15) is 11.5 Å². The van der Waals surface area contributed by atoms with Gasteiger partial charge in [-0.15, -0.1) is 0 Å². The second-order valence-electron chi connectivity index (χ2n) is 3.13. The third-order valence-corrected chi connectivity index (χ3v) is 1.97. The lowest BCUT2D eigenvalue weighted by Crippen LogP contribution is -2.08. The molecule has 4 nitrogen and oxygen atoms in total. The second kappa shape index (κ2) is 3.61. The molecule has 0 fully saturated rings. The van der Waals surface area contributed by atoms with Gasteiger partial charge in [0.2, 0.25) is 0 Å². The van der Waals surface area contributed by atoms with E-state index >= 15 is 0 Å². The highest BCUT2D eigenvalue weighted by molar-refractivity contribution is 5.56. The Balaban J connectivity index is 2.54. The van der Waals surface area contributed by atoms with Gasteiger partial charge in [0, 0.05) is 6.07 Å². The maximum absolute atomic E-state index is 12.6. The van der Waals surface area contributed by atoms with Crippen LogP contribution in [0.2, 0.25) is 0 Å². The molecule has 1 N–H and O–H groups in total. The van der Waals surface area contributed by atoms with Gasteiger partial charge in [-0.3, -0.25) is 9.78 Å². The molecule has 0 unspecified atom stereocenters. The molecule has 2 aromatic heterocycles. The average molecular weight is 205 g/mol. The predicted molar refractivity (Wildman–Crippen MR) is 52.8 cm³/mol. The number of hydrogen-bond donors (Lipinski definition) is 1. The van der Waals surface area contributed by atoms with Crippen molar-refractivity contribution in [1.82, 2.24) is 15.2 Å². The summed E-state index contributed by atoms with van der Waals surface area (Å²) in [6.07, 6.45) is 1.11. The Morgan fingerprint density at radius 3 is 2.80 bits per heavy atom. The normalized spacial score (nSPS) is 10.3. The molecule has 0 aliphatic heterocycles. The summed E-state index contributed by atoms with van der Waals surface area (Å²) in [7, 11) is 0. The van der Waals surface area contributed by atoms with Crippen LogP contribution in [0.5, 0.6) is 0 Å². The van der Waals surface area contributed by atoms with Gasteiger partial charge >= 0.3 is 0 Å². The molecule has 0 aliphatic rings. The molecule has 0 bridgehead atoms. The van der Waals surface area contributed by atoms with Crippen molar-refractivity contribution in [3.63, 3.8) is 0 Å².